The Labute approximate surface area is 215 Å². The molecule has 0 spiro atoms. The fraction of sp³-hybridized carbons (Fsp3) is 0.733. The highest BCUT2D eigenvalue weighted by Crippen LogP contribution is 2.88. The van der Waals surface area contributed by atoms with E-state index < -0.39 is 40.0 Å². The van der Waals surface area contributed by atoms with Crippen LogP contribution in [0.15, 0.2) is 20.1 Å². The quantitative estimate of drug-likeness (QED) is 0.241. The fourth-order valence-electron chi connectivity index (χ4n) is 6.16. The smallest absolute Gasteiger partial charge is 0.109 e. The van der Waals surface area contributed by atoms with Gasteiger partial charge in [0.2, 0.25) is 0 Å². The lowest BCUT2D eigenvalue weighted by atomic mass is 9.74. The van der Waals surface area contributed by atoms with Crippen molar-refractivity contribution < 1.29 is 0 Å². The summed E-state index contributed by atoms with van der Waals surface area (Å²) in [6.45, 7) is 0. The van der Waals surface area contributed by atoms with E-state index in [1.165, 1.54) is 0 Å². The summed E-state index contributed by atoms with van der Waals surface area (Å²) < 4.78 is -3.37. The van der Waals surface area contributed by atoms with Crippen LogP contribution in [-0.2, 0) is 0 Å². The molecule has 8 atom stereocenters. The van der Waals surface area contributed by atoms with Gasteiger partial charge in [-0.1, -0.05) is 92.8 Å². The topological polar surface area (TPSA) is 0 Å². The minimum atomic E-state index is -1.69. The lowest BCUT2D eigenvalue weighted by Gasteiger charge is -2.43. The standard InChI is InChI=1S/C15H6Cl12/c16-6-8(18)12(22)4-2(10(6,20)14(12,24)25)1-3-5(4)13(23)9(19)7(17)11(3,21)15(13,26)27/h2-5H,1H2/t2-,3-,4+,5+,10-,11+,12+,13+/m1/s1. The zero-order chi connectivity index (χ0) is 20.3. The molecule has 5 rings (SSSR count). The molecule has 3 saturated carbocycles. The second-order valence-corrected chi connectivity index (χ2v) is 14.3. The van der Waals surface area contributed by atoms with E-state index in [-0.39, 0.29) is 32.0 Å². The third-order valence-corrected chi connectivity index (χ3v) is 15.8. The first-order chi connectivity index (χ1) is 12.1. The van der Waals surface area contributed by atoms with Crippen LogP contribution in [0, 0.1) is 23.7 Å². The van der Waals surface area contributed by atoms with Crippen LogP contribution in [0.1, 0.15) is 6.42 Å². The van der Waals surface area contributed by atoms with E-state index in [9.17, 15) is 0 Å². The second kappa shape index (κ2) is 5.53. The molecule has 5 aliphatic carbocycles. The van der Waals surface area contributed by atoms with Crippen molar-refractivity contribution in [1.82, 2.24) is 0 Å². The third-order valence-electron chi connectivity index (χ3n) is 7.19. The van der Waals surface area contributed by atoms with Gasteiger partial charge in [0.15, 0.2) is 8.67 Å². The van der Waals surface area contributed by atoms with Crippen molar-refractivity contribution in [1.29, 1.82) is 0 Å². The predicted molar refractivity (Wildman–Crippen MR) is 119 cm³/mol. The molecule has 0 saturated heterocycles. The molecule has 27 heavy (non-hydrogen) atoms. The average Bonchev–Trinajstić information content (AvgIpc) is 3.16. The Hall–Kier alpha value is 2.96. The number of rotatable bonds is 0. The molecule has 0 aromatic heterocycles. The molecule has 3 fully saturated rings. The summed E-state index contributed by atoms with van der Waals surface area (Å²) in [7, 11) is 0. The second-order valence-electron chi connectivity index (χ2n) is 7.75. The minimum Gasteiger partial charge on any atom is -0.109 e. The van der Waals surface area contributed by atoms with Gasteiger partial charge in [0.05, 0.1) is 20.1 Å². The summed E-state index contributed by atoms with van der Waals surface area (Å²) in [6, 6.07) is 0. The first-order valence-corrected chi connectivity index (χ1v) is 12.3. The van der Waals surface area contributed by atoms with Crippen molar-refractivity contribution in [2.24, 2.45) is 23.7 Å². The highest BCUT2D eigenvalue weighted by Gasteiger charge is 2.92. The van der Waals surface area contributed by atoms with Gasteiger partial charge in [-0.2, -0.15) is 0 Å². The van der Waals surface area contributed by atoms with Crippen molar-refractivity contribution in [3.8, 4) is 0 Å². The number of hydrogen-bond acceptors (Lipinski definition) is 0. The van der Waals surface area contributed by atoms with Gasteiger partial charge in [0, 0.05) is 0 Å². The highest BCUT2D eigenvalue weighted by atomic mass is 35.5. The maximum absolute atomic E-state index is 7.01. The fourth-order valence-corrected chi connectivity index (χ4v) is 12.4. The van der Waals surface area contributed by atoms with Crippen LogP contribution < -0.4 is 0 Å². The van der Waals surface area contributed by atoms with E-state index >= 15 is 0 Å². The Morgan fingerprint density at radius 2 is 0.741 bits per heavy atom. The molecule has 5 aliphatic rings. The largest absolute Gasteiger partial charge is 0.166 e. The Morgan fingerprint density at radius 1 is 0.481 bits per heavy atom. The molecule has 150 valence electrons. The molecule has 0 aromatic carbocycles. The Kier molecular flexibility index (Phi) is 4.47. The normalized spacial score (nSPS) is 59.1. The zero-order valence-corrected chi connectivity index (χ0v) is 21.6. The summed E-state index contributed by atoms with van der Waals surface area (Å²) >= 11 is 80.6. The average molecular weight is 612 g/mol. The molecular formula is C15H6Cl12. The highest BCUT2D eigenvalue weighted by molar-refractivity contribution is 6.67. The van der Waals surface area contributed by atoms with Gasteiger partial charge in [0.1, 0.15) is 19.5 Å². The van der Waals surface area contributed by atoms with Crippen LogP contribution in [0.3, 0.4) is 0 Å². The van der Waals surface area contributed by atoms with Crippen LogP contribution in [0.5, 0.6) is 0 Å². The van der Waals surface area contributed by atoms with Gasteiger partial charge in [-0.15, -0.1) is 46.4 Å². The zero-order valence-electron chi connectivity index (χ0n) is 12.6. The van der Waals surface area contributed by atoms with Crippen LogP contribution in [0.25, 0.3) is 0 Å². The van der Waals surface area contributed by atoms with E-state index in [1.807, 2.05) is 0 Å². The molecule has 0 heterocycles. The predicted octanol–water partition coefficient (Wildman–Crippen LogP) is 8.55. The summed E-state index contributed by atoms with van der Waals surface area (Å²) in [5.41, 5.74) is 0. The number of alkyl halides is 8. The number of hydrogen-bond donors (Lipinski definition) is 0. The summed E-state index contributed by atoms with van der Waals surface area (Å²) in [4.78, 5) is -5.83. The Bertz CT molecular complexity index is 806. The summed E-state index contributed by atoms with van der Waals surface area (Å²) in [5, 5.41) is 0.417. The first-order valence-electron chi connectivity index (χ1n) is 7.74. The monoisotopic (exact) mass is 606 g/mol. The molecule has 12 heteroatoms. The summed E-state index contributed by atoms with van der Waals surface area (Å²) in [5.74, 6) is -1.82. The van der Waals surface area contributed by atoms with Gasteiger partial charge in [0.25, 0.3) is 0 Å². The third kappa shape index (κ3) is 1.71. The lowest BCUT2D eigenvalue weighted by Crippen LogP contribution is -2.51. The molecule has 0 N–H and O–H groups in total. The molecule has 4 bridgehead atoms. The molecule has 0 nitrogen and oxygen atoms in total. The van der Waals surface area contributed by atoms with Gasteiger partial charge < -0.3 is 0 Å². The summed E-state index contributed by atoms with van der Waals surface area (Å²) in [6.07, 6.45) is 0.397. The van der Waals surface area contributed by atoms with Gasteiger partial charge in [-0.3, -0.25) is 0 Å². The van der Waals surface area contributed by atoms with Crippen molar-refractivity contribution in [3.05, 3.63) is 20.1 Å². The molecule has 0 aliphatic heterocycles. The number of fused-ring (bicyclic) bond motifs is 11. The Morgan fingerprint density at radius 3 is 1.04 bits per heavy atom. The Balaban J connectivity index is 1.80. The van der Waals surface area contributed by atoms with Crippen LogP contribution in [0.2, 0.25) is 0 Å². The van der Waals surface area contributed by atoms with Gasteiger partial charge >= 0.3 is 0 Å². The van der Waals surface area contributed by atoms with Crippen molar-refractivity contribution in [2.75, 3.05) is 0 Å². The van der Waals surface area contributed by atoms with E-state index in [4.69, 9.17) is 139 Å². The molecular weight excluding hydrogens is 606 g/mol. The van der Waals surface area contributed by atoms with Gasteiger partial charge in [-0.05, 0) is 30.1 Å². The minimum absolute atomic E-state index is 0.0836. The maximum Gasteiger partial charge on any atom is 0.166 e. The number of halogens is 12. The van der Waals surface area contributed by atoms with E-state index in [1.54, 1.807) is 0 Å². The molecule has 0 amide bonds. The van der Waals surface area contributed by atoms with Crippen LogP contribution in [-0.4, -0.2) is 28.2 Å². The SMILES string of the molecule is ClC1=C(Cl)[C@@]2(Cl)[C@@H]3C[C@@H]4[C@@H]([C@H]3[C@@]1(Cl)C2(Cl)Cl)[C@]1(Cl)C(Cl)=C(Cl)[C@@]4(Cl)C1(Cl)Cl. The van der Waals surface area contributed by atoms with Gasteiger partial charge in [-0.25, -0.2) is 0 Å². The van der Waals surface area contributed by atoms with Crippen molar-refractivity contribution in [3.63, 3.8) is 0 Å². The van der Waals surface area contributed by atoms with E-state index in [0.29, 0.717) is 6.42 Å². The van der Waals surface area contributed by atoms with Crippen molar-refractivity contribution >= 4 is 139 Å². The van der Waals surface area contributed by atoms with Crippen molar-refractivity contribution in [2.45, 2.75) is 34.6 Å². The van der Waals surface area contributed by atoms with Crippen LogP contribution >= 0.6 is 139 Å². The maximum atomic E-state index is 7.01. The molecule has 0 unspecified atom stereocenters. The first kappa shape index (κ1) is 21.8. The molecule has 0 aromatic rings. The number of allylic oxidation sites excluding steroid dienone is 4. The van der Waals surface area contributed by atoms with Crippen LogP contribution in [0.4, 0.5) is 0 Å². The molecule has 0 radical (unpaired) electrons. The lowest BCUT2D eigenvalue weighted by molar-refractivity contribution is 0.258. The van der Waals surface area contributed by atoms with E-state index in [2.05, 4.69) is 0 Å². The van der Waals surface area contributed by atoms with E-state index in [0.717, 1.165) is 0 Å².